The van der Waals surface area contributed by atoms with Crippen molar-refractivity contribution >= 4 is 15.9 Å². The number of ether oxygens (including phenoxy) is 1. The van der Waals surface area contributed by atoms with Crippen LogP contribution in [-0.4, -0.2) is 18.3 Å². The molecule has 1 atom stereocenters. The van der Waals surface area contributed by atoms with E-state index < -0.39 is 11.9 Å². The number of nitrogens with two attached hydrogens (primary N) is 1. The lowest BCUT2D eigenvalue weighted by atomic mass is 10.1. The maximum atomic E-state index is 13.1. The third-order valence-corrected chi connectivity index (χ3v) is 2.51. The van der Waals surface area contributed by atoms with Crippen LogP contribution in [-0.2, 0) is 0 Å². The van der Waals surface area contributed by atoms with Crippen molar-refractivity contribution in [2.45, 2.75) is 13.0 Å². The summed E-state index contributed by atoms with van der Waals surface area (Å²) in [6, 6.07) is 1.94. The van der Waals surface area contributed by atoms with E-state index in [1.54, 1.807) is 0 Å². The van der Waals surface area contributed by atoms with E-state index in [1.807, 2.05) is 6.92 Å². The van der Waals surface area contributed by atoms with Crippen LogP contribution in [0.3, 0.4) is 0 Å². The molecule has 0 aliphatic rings. The Morgan fingerprint density at radius 2 is 2.27 bits per heavy atom. The average molecular weight is 278 g/mol. The van der Waals surface area contributed by atoms with Gasteiger partial charge in [-0.05, 0) is 35.0 Å². The summed E-state index contributed by atoms with van der Waals surface area (Å²) in [5.74, 6) is 0.0738. The van der Waals surface area contributed by atoms with Crippen molar-refractivity contribution in [3.8, 4) is 5.75 Å². The fourth-order valence-electron chi connectivity index (χ4n) is 1.25. The first-order chi connectivity index (χ1) is 7.10. The Morgan fingerprint density at radius 1 is 1.60 bits per heavy atom. The van der Waals surface area contributed by atoms with Gasteiger partial charge in [-0.15, -0.1) is 0 Å². The van der Waals surface area contributed by atoms with Gasteiger partial charge in [0.2, 0.25) is 0 Å². The van der Waals surface area contributed by atoms with Crippen LogP contribution in [0.4, 0.5) is 4.39 Å². The molecule has 0 heterocycles. The van der Waals surface area contributed by atoms with E-state index in [9.17, 15) is 4.39 Å². The third kappa shape index (κ3) is 2.90. The molecule has 0 bridgehead atoms. The molecule has 3 nitrogen and oxygen atoms in total. The number of hydrogen-bond donors (Lipinski definition) is 2. The topological polar surface area (TPSA) is 55.5 Å². The quantitative estimate of drug-likeness (QED) is 0.885. The Hall–Kier alpha value is -0.650. The van der Waals surface area contributed by atoms with Gasteiger partial charge in [-0.1, -0.05) is 0 Å². The second-order valence-electron chi connectivity index (χ2n) is 3.03. The molecular formula is C10H13BrFNO2. The molecule has 0 amide bonds. The highest BCUT2D eigenvalue weighted by molar-refractivity contribution is 9.10. The summed E-state index contributed by atoms with van der Waals surface area (Å²) in [5, 5.41) is 8.94. The zero-order valence-corrected chi connectivity index (χ0v) is 9.92. The van der Waals surface area contributed by atoms with Gasteiger partial charge in [0.15, 0.2) is 0 Å². The van der Waals surface area contributed by atoms with E-state index in [4.69, 9.17) is 15.6 Å². The molecule has 0 spiro atoms. The highest BCUT2D eigenvalue weighted by Crippen LogP contribution is 2.33. The van der Waals surface area contributed by atoms with Crippen molar-refractivity contribution in [2.75, 3.05) is 13.2 Å². The maximum absolute atomic E-state index is 13.1. The van der Waals surface area contributed by atoms with Crippen molar-refractivity contribution in [1.29, 1.82) is 0 Å². The summed E-state index contributed by atoms with van der Waals surface area (Å²) in [4.78, 5) is 0. The average Bonchev–Trinajstić information content (AvgIpc) is 2.20. The molecule has 1 unspecified atom stereocenters. The molecule has 3 N–H and O–H groups in total. The van der Waals surface area contributed by atoms with Crippen LogP contribution < -0.4 is 10.5 Å². The lowest BCUT2D eigenvalue weighted by Crippen LogP contribution is -2.16. The summed E-state index contributed by atoms with van der Waals surface area (Å²) in [6.45, 7) is 2.02. The van der Waals surface area contributed by atoms with Crippen LogP contribution in [0.2, 0.25) is 0 Å². The number of aliphatic hydroxyl groups is 1. The second-order valence-corrected chi connectivity index (χ2v) is 3.88. The van der Waals surface area contributed by atoms with Gasteiger partial charge in [0.1, 0.15) is 11.6 Å². The Kier molecular flexibility index (Phi) is 4.50. The number of halogens is 2. The summed E-state index contributed by atoms with van der Waals surface area (Å²) < 4.78 is 19.0. The molecule has 0 aromatic heterocycles. The summed E-state index contributed by atoms with van der Waals surface area (Å²) in [7, 11) is 0. The molecule has 5 heteroatoms. The minimum atomic E-state index is -0.640. The minimum Gasteiger partial charge on any atom is -0.492 e. The van der Waals surface area contributed by atoms with Crippen molar-refractivity contribution in [3.63, 3.8) is 0 Å². The van der Waals surface area contributed by atoms with Gasteiger partial charge in [-0.2, -0.15) is 0 Å². The Labute approximate surface area is 96.2 Å². The predicted octanol–water partition coefficient (Wildman–Crippen LogP) is 1.98. The van der Waals surface area contributed by atoms with Crippen LogP contribution in [0.15, 0.2) is 16.6 Å². The predicted molar refractivity (Wildman–Crippen MR) is 59.3 cm³/mol. The summed E-state index contributed by atoms with van der Waals surface area (Å²) in [5.41, 5.74) is 6.11. The molecule has 0 aliphatic heterocycles. The summed E-state index contributed by atoms with van der Waals surface area (Å²) >= 11 is 3.19. The molecule has 0 fully saturated rings. The first-order valence-corrected chi connectivity index (χ1v) is 5.37. The number of rotatable bonds is 4. The van der Waals surface area contributed by atoms with E-state index in [0.29, 0.717) is 22.4 Å². The standard InChI is InChI=1S/C10H13BrFNO2/c1-2-15-10-7(9(13)5-14)3-6(12)4-8(10)11/h3-4,9,14H,2,5,13H2,1H3. The van der Waals surface area contributed by atoms with Crippen molar-refractivity contribution in [3.05, 3.63) is 28.0 Å². The van der Waals surface area contributed by atoms with Crippen LogP contribution >= 0.6 is 15.9 Å². The fraction of sp³-hybridized carbons (Fsp3) is 0.400. The monoisotopic (exact) mass is 277 g/mol. The van der Waals surface area contributed by atoms with Crippen molar-refractivity contribution in [1.82, 2.24) is 0 Å². The van der Waals surface area contributed by atoms with Crippen LogP contribution in [0.5, 0.6) is 5.75 Å². The molecular weight excluding hydrogens is 265 g/mol. The normalized spacial score (nSPS) is 12.6. The lowest BCUT2D eigenvalue weighted by Gasteiger charge is -2.16. The fourth-order valence-corrected chi connectivity index (χ4v) is 1.81. The van der Waals surface area contributed by atoms with Gasteiger partial charge in [0.05, 0.1) is 23.7 Å². The van der Waals surface area contributed by atoms with Gasteiger partial charge in [-0.3, -0.25) is 0 Å². The molecule has 15 heavy (non-hydrogen) atoms. The molecule has 1 rings (SSSR count). The number of aliphatic hydroxyl groups excluding tert-OH is 1. The highest BCUT2D eigenvalue weighted by Gasteiger charge is 2.16. The van der Waals surface area contributed by atoms with Crippen LogP contribution in [0, 0.1) is 5.82 Å². The number of benzene rings is 1. The van der Waals surface area contributed by atoms with E-state index in [0.717, 1.165) is 0 Å². The van der Waals surface area contributed by atoms with Gasteiger partial charge >= 0.3 is 0 Å². The first kappa shape index (κ1) is 12.4. The molecule has 0 saturated carbocycles. The third-order valence-electron chi connectivity index (χ3n) is 1.92. The molecule has 0 aliphatic carbocycles. The van der Waals surface area contributed by atoms with E-state index in [1.165, 1.54) is 12.1 Å². The zero-order valence-electron chi connectivity index (χ0n) is 8.34. The van der Waals surface area contributed by atoms with E-state index in [-0.39, 0.29) is 6.61 Å². The Bertz CT molecular complexity index is 346. The number of hydrogen-bond acceptors (Lipinski definition) is 3. The molecule has 1 aromatic rings. The zero-order chi connectivity index (χ0) is 11.4. The first-order valence-electron chi connectivity index (χ1n) is 4.58. The minimum absolute atomic E-state index is 0.254. The SMILES string of the molecule is CCOc1c(Br)cc(F)cc1C(N)CO. The molecule has 0 saturated heterocycles. The van der Waals surface area contributed by atoms with Gasteiger partial charge in [-0.25, -0.2) is 4.39 Å². The van der Waals surface area contributed by atoms with Crippen LogP contribution in [0.25, 0.3) is 0 Å². The maximum Gasteiger partial charge on any atom is 0.138 e. The van der Waals surface area contributed by atoms with Gasteiger partial charge in [0, 0.05) is 5.56 Å². The van der Waals surface area contributed by atoms with E-state index >= 15 is 0 Å². The van der Waals surface area contributed by atoms with Crippen molar-refractivity contribution in [2.24, 2.45) is 5.73 Å². The van der Waals surface area contributed by atoms with Gasteiger partial charge < -0.3 is 15.6 Å². The Balaban J connectivity index is 3.20. The smallest absolute Gasteiger partial charge is 0.138 e. The second kappa shape index (κ2) is 5.44. The van der Waals surface area contributed by atoms with Gasteiger partial charge in [0.25, 0.3) is 0 Å². The summed E-state index contributed by atoms with van der Waals surface area (Å²) in [6.07, 6.45) is 0. The van der Waals surface area contributed by atoms with Crippen molar-refractivity contribution < 1.29 is 14.2 Å². The lowest BCUT2D eigenvalue weighted by molar-refractivity contribution is 0.261. The molecule has 84 valence electrons. The largest absolute Gasteiger partial charge is 0.492 e. The molecule has 0 radical (unpaired) electrons. The van der Waals surface area contributed by atoms with E-state index in [2.05, 4.69) is 15.9 Å². The van der Waals surface area contributed by atoms with Crippen LogP contribution in [0.1, 0.15) is 18.5 Å². The molecule has 1 aromatic carbocycles. The Morgan fingerprint density at radius 3 is 2.80 bits per heavy atom. The highest BCUT2D eigenvalue weighted by atomic mass is 79.9.